The number of nitrogens with one attached hydrogen (secondary N) is 1. The first-order chi connectivity index (χ1) is 13.1. The van der Waals surface area contributed by atoms with Crippen molar-refractivity contribution in [3.8, 4) is 0 Å². The number of aromatic nitrogens is 2. The molecule has 1 aromatic heterocycles. The van der Waals surface area contributed by atoms with E-state index in [4.69, 9.17) is 0 Å². The molecule has 1 amide bonds. The maximum absolute atomic E-state index is 12.6. The lowest BCUT2D eigenvalue weighted by atomic mass is 10.0. The predicted molar refractivity (Wildman–Crippen MR) is 113 cm³/mol. The molecule has 0 radical (unpaired) electrons. The van der Waals surface area contributed by atoms with Gasteiger partial charge in [0.25, 0.3) is 0 Å². The van der Waals surface area contributed by atoms with Gasteiger partial charge in [0.15, 0.2) is 5.82 Å². The Morgan fingerprint density at radius 1 is 1.33 bits per heavy atom. The van der Waals surface area contributed by atoms with Gasteiger partial charge in [-0.2, -0.15) is 0 Å². The first-order valence-corrected chi connectivity index (χ1v) is 10.6. The van der Waals surface area contributed by atoms with Crippen LogP contribution in [0, 0.1) is 12.8 Å². The first kappa shape index (κ1) is 19.7. The molecule has 1 fully saturated rings. The van der Waals surface area contributed by atoms with Crippen molar-refractivity contribution in [1.82, 2.24) is 9.97 Å². The lowest BCUT2D eigenvalue weighted by Gasteiger charge is -2.32. The van der Waals surface area contributed by atoms with Crippen molar-refractivity contribution >= 4 is 29.2 Å². The zero-order valence-corrected chi connectivity index (χ0v) is 17.2. The number of anilines is 2. The van der Waals surface area contributed by atoms with Crippen molar-refractivity contribution in [2.24, 2.45) is 5.92 Å². The fourth-order valence-electron chi connectivity index (χ4n) is 3.53. The van der Waals surface area contributed by atoms with Crippen LogP contribution in [-0.4, -0.2) is 34.7 Å². The summed E-state index contributed by atoms with van der Waals surface area (Å²) in [6.07, 6.45) is 6.77. The summed E-state index contributed by atoms with van der Waals surface area (Å²) in [7, 11) is 0. The molecule has 1 aromatic carbocycles. The molecule has 1 N–H and O–H groups in total. The van der Waals surface area contributed by atoms with Crippen molar-refractivity contribution in [3.63, 3.8) is 0 Å². The second-order valence-corrected chi connectivity index (χ2v) is 8.14. The van der Waals surface area contributed by atoms with Crippen LogP contribution in [0.5, 0.6) is 0 Å². The fourth-order valence-corrected chi connectivity index (χ4v) is 4.32. The summed E-state index contributed by atoms with van der Waals surface area (Å²) in [5, 5.41) is 3.92. The van der Waals surface area contributed by atoms with Crippen molar-refractivity contribution in [2.45, 2.75) is 45.1 Å². The Bertz CT molecular complexity index is 796. The van der Waals surface area contributed by atoms with E-state index in [-0.39, 0.29) is 5.91 Å². The Balaban J connectivity index is 1.66. The summed E-state index contributed by atoms with van der Waals surface area (Å²) in [5.41, 5.74) is 3.20. The molecule has 27 heavy (non-hydrogen) atoms. The number of piperidine rings is 1. The molecule has 0 saturated carbocycles. The van der Waals surface area contributed by atoms with Crippen LogP contribution in [0.2, 0.25) is 0 Å². The second kappa shape index (κ2) is 9.22. The van der Waals surface area contributed by atoms with Gasteiger partial charge in [0.05, 0.1) is 5.75 Å². The highest BCUT2D eigenvalue weighted by molar-refractivity contribution is 8.00. The van der Waals surface area contributed by atoms with E-state index in [0.29, 0.717) is 11.7 Å². The average Bonchev–Trinajstić information content (AvgIpc) is 2.68. The third-order valence-corrected chi connectivity index (χ3v) is 5.92. The van der Waals surface area contributed by atoms with Crippen LogP contribution >= 0.6 is 11.8 Å². The smallest absolute Gasteiger partial charge is 0.234 e. The largest absolute Gasteiger partial charge is 0.354 e. The number of carbonyl (C=O) groups is 1. The van der Waals surface area contributed by atoms with Gasteiger partial charge in [0.1, 0.15) is 5.03 Å². The van der Waals surface area contributed by atoms with Gasteiger partial charge in [-0.15, -0.1) is 0 Å². The molecule has 3 rings (SSSR count). The molecule has 0 bridgehead atoms. The lowest BCUT2D eigenvalue weighted by molar-refractivity contribution is -0.113. The number of thioether (sulfide) groups is 1. The summed E-state index contributed by atoms with van der Waals surface area (Å²) in [4.78, 5) is 23.9. The Kier molecular flexibility index (Phi) is 6.72. The number of hydrogen-bond acceptors (Lipinski definition) is 5. The van der Waals surface area contributed by atoms with Crippen LogP contribution in [0.3, 0.4) is 0 Å². The highest BCUT2D eigenvalue weighted by atomic mass is 32.2. The molecule has 0 spiro atoms. The molecular weight excluding hydrogens is 356 g/mol. The maximum Gasteiger partial charge on any atom is 0.234 e. The summed E-state index contributed by atoms with van der Waals surface area (Å²) in [6, 6.07) is 6.12. The summed E-state index contributed by atoms with van der Waals surface area (Å²) in [6.45, 7) is 8.41. The molecule has 5 nitrogen and oxygen atoms in total. The Morgan fingerprint density at radius 3 is 2.93 bits per heavy atom. The zero-order chi connectivity index (χ0) is 19.2. The number of benzene rings is 1. The van der Waals surface area contributed by atoms with Crippen LogP contribution in [0.1, 0.15) is 37.8 Å². The molecule has 1 atom stereocenters. The first-order valence-electron chi connectivity index (χ1n) is 9.65. The molecule has 0 aliphatic carbocycles. The Labute approximate surface area is 166 Å². The van der Waals surface area contributed by atoms with Gasteiger partial charge >= 0.3 is 0 Å². The number of hydrogen-bond donors (Lipinski definition) is 1. The number of carbonyl (C=O) groups excluding carboxylic acids is 1. The topological polar surface area (TPSA) is 58.1 Å². The summed E-state index contributed by atoms with van der Waals surface area (Å²) >= 11 is 1.46. The van der Waals surface area contributed by atoms with E-state index in [1.807, 2.05) is 19.1 Å². The molecular formula is C21H28N4OS. The number of aryl methyl sites for hydroxylation is 2. The molecule has 1 saturated heterocycles. The Morgan fingerprint density at radius 2 is 2.15 bits per heavy atom. The third kappa shape index (κ3) is 5.01. The summed E-state index contributed by atoms with van der Waals surface area (Å²) < 4.78 is 0. The minimum absolute atomic E-state index is 0.00684. The minimum atomic E-state index is -0.00684. The zero-order valence-electron chi connectivity index (χ0n) is 16.4. The van der Waals surface area contributed by atoms with Crippen LogP contribution in [0.15, 0.2) is 35.6 Å². The van der Waals surface area contributed by atoms with E-state index < -0.39 is 0 Å². The normalized spacial score (nSPS) is 17.0. The standard InChI is InChI=1S/C21H28N4OS/c1-4-17-9-5-8-16(3)19(17)24-18(26)14-27-21-20(22-10-11-23-21)25-12-6-7-15(2)13-25/h5,8-11,15H,4,6-7,12-14H2,1-3H3,(H,24,26)/t15-/m1/s1. The van der Waals surface area contributed by atoms with Gasteiger partial charge in [-0.1, -0.05) is 43.8 Å². The van der Waals surface area contributed by atoms with Crippen molar-refractivity contribution < 1.29 is 4.79 Å². The van der Waals surface area contributed by atoms with E-state index >= 15 is 0 Å². The van der Waals surface area contributed by atoms with E-state index in [1.54, 1.807) is 12.4 Å². The second-order valence-electron chi connectivity index (χ2n) is 7.18. The number of rotatable bonds is 6. The SMILES string of the molecule is CCc1cccc(C)c1NC(=O)CSc1nccnc1N1CCC[C@@H](C)C1. The Hall–Kier alpha value is -2.08. The van der Waals surface area contributed by atoms with Crippen molar-refractivity contribution in [3.05, 3.63) is 41.7 Å². The van der Waals surface area contributed by atoms with Crippen molar-refractivity contribution in [2.75, 3.05) is 29.1 Å². The van der Waals surface area contributed by atoms with E-state index in [1.165, 1.54) is 24.6 Å². The van der Waals surface area contributed by atoms with Gasteiger partial charge in [-0.3, -0.25) is 4.79 Å². The number of amides is 1. The average molecular weight is 385 g/mol. The van der Waals surface area contributed by atoms with E-state index in [9.17, 15) is 4.79 Å². The van der Waals surface area contributed by atoms with Crippen LogP contribution in [-0.2, 0) is 11.2 Å². The van der Waals surface area contributed by atoms with E-state index in [0.717, 1.165) is 47.2 Å². The number of para-hydroxylation sites is 1. The third-order valence-electron chi connectivity index (χ3n) is 4.95. The van der Waals surface area contributed by atoms with Gasteiger partial charge in [0, 0.05) is 31.2 Å². The highest BCUT2D eigenvalue weighted by Crippen LogP contribution is 2.29. The highest BCUT2D eigenvalue weighted by Gasteiger charge is 2.21. The maximum atomic E-state index is 12.6. The molecule has 0 unspecified atom stereocenters. The fraction of sp³-hybridized carbons (Fsp3) is 0.476. The van der Waals surface area contributed by atoms with Gasteiger partial charge < -0.3 is 10.2 Å². The molecule has 1 aliphatic rings. The van der Waals surface area contributed by atoms with Gasteiger partial charge in [-0.25, -0.2) is 9.97 Å². The van der Waals surface area contributed by atoms with E-state index in [2.05, 4.69) is 40.1 Å². The minimum Gasteiger partial charge on any atom is -0.354 e. The molecule has 2 heterocycles. The van der Waals surface area contributed by atoms with Crippen LogP contribution < -0.4 is 10.2 Å². The molecule has 144 valence electrons. The number of nitrogens with zero attached hydrogens (tertiary/aromatic N) is 3. The molecule has 6 heteroatoms. The van der Waals surface area contributed by atoms with Gasteiger partial charge in [0.2, 0.25) is 5.91 Å². The lowest BCUT2D eigenvalue weighted by Crippen LogP contribution is -2.35. The molecule has 1 aliphatic heterocycles. The monoisotopic (exact) mass is 384 g/mol. The van der Waals surface area contributed by atoms with Crippen molar-refractivity contribution in [1.29, 1.82) is 0 Å². The van der Waals surface area contributed by atoms with Crippen LogP contribution in [0.4, 0.5) is 11.5 Å². The predicted octanol–water partition coefficient (Wildman–Crippen LogP) is 4.31. The summed E-state index contributed by atoms with van der Waals surface area (Å²) in [5.74, 6) is 1.89. The molecule has 2 aromatic rings. The van der Waals surface area contributed by atoms with Crippen LogP contribution in [0.25, 0.3) is 0 Å². The quantitative estimate of drug-likeness (QED) is 0.752. The van der Waals surface area contributed by atoms with Gasteiger partial charge in [-0.05, 0) is 43.2 Å².